The highest BCUT2D eigenvalue weighted by atomic mass is 32.1. The van der Waals surface area contributed by atoms with Crippen molar-refractivity contribution in [1.82, 2.24) is 15.2 Å². The number of amides is 3. The summed E-state index contributed by atoms with van der Waals surface area (Å²) in [5.74, 6) is -0.0611. The van der Waals surface area contributed by atoms with Gasteiger partial charge in [0, 0.05) is 43.2 Å². The molecule has 2 N–H and O–H groups in total. The van der Waals surface area contributed by atoms with E-state index in [1.54, 1.807) is 43.6 Å². The van der Waals surface area contributed by atoms with Gasteiger partial charge in [-0.05, 0) is 37.6 Å². The summed E-state index contributed by atoms with van der Waals surface area (Å²) in [6.45, 7) is 4.37. The number of carbonyl (C=O) groups is 2. The molecule has 128 valence electrons. The molecule has 0 unspecified atom stereocenters. The first-order chi connectivity index (χ1) is 11.4. The fourth-order valence-corrected chi connectivity index (χ4v) is 3.00. The molecule has 0 bridgehead atoms. The van der Waals surface area contributed by atoms with Gasteiger partial charge in [0.15, 0.2) is 0 Å². The third-order valence-electron chi connectivity index (χ3n) is 3.61. The molecule has 7 heteroatoms. The summed E-state index contributed by atoms with van der Waals surface area (Å²) in [6, 6.07) is 4.98. The number of thiazole rings is 1. The number of nitrogens with zero attached hydrogens (tertiary/aromatic N) is 2. The van der Waals surface area contributed by atoms with Crippen LogP contribution < -0.4 is 10.6 Å². The van der Waals surface area contributed by atoms with E-state index in [0.717, 1.165) is 17.7 Å². The van der Waals surface area contributed by atoms with Crippen molar-refractivity contribution in [2.45, 2.75) is 20.3 Å². The lowest BCUT2D eigenvalue weighted by atomic mass is 10.1. The first-order valence-corrected chi connectivity index (χ1v) is 8.52. The van der Waals surface area contributed by atoms with Crippen molar-refractivity contribution < 1.29 is 9.59 Å². The molecule has 2 aromatic rings. The van der Waals surface area contributed by atoms with E-state index in [2.05, 4.69) is 15.6 Å². The van der Waals surface area contributed by atoms with E-state index >= 15 is 0 Å². The minimum absolute atomic E-state index is 0.0611. The highest BCUT2D eigenvalue weighted by Crippen LogP contribution is 2.17. The van der Waals surface area contributed by atoms with Crippen molar-refractivity contribution in [2.75, 3.05) is 26.0 Å². The summed E-state index contributed by atoms with van der Waals surface area (Å²) in [5, 5.41) is 5.65. The third kappa shape index (κ3) is 4.55. The molecule has 0 aliphatic carbocycles. The molecule has 6 nitrogen and oxygen atoms in total. The average molecular weight is 346 g/mol. The minimum Gasteiger partial charge on any atom is -0.345 e. The van der Waals surface area contributed by atoms with Gasteiger partial charge >= 0.3 is 6.03 Å². The van der Waals surface area contributed by atoms with Gasteiger partial charge in [0.2, 0.25) is 0 Å². The van der Waals surface area contributed by atoms with Crippen LogP contribution in [-0.4, -0.2) is 42.5 Å². The second-order valence-corrected chi connectivity index (χ2v) is 6.66. The SMILES string of the molecule is Cc1cc(C(=O)N(C)C)ccc1NC(=O)NCCc1scnc1C. The van der Waals surface area contributed by atoms with E-state index in [1.807, 2.05) is 19.4 Å². The van der Waals surface area contributed by atoms with Gasteiger partial charge in [-0.15, -0.1) is 11.3 Å². The molecule has 0 fully saturated rings. The fourth-order valence-electron chi connectivity index (χ4n) is 2.22. The zero-order valence-corrected chi connectivity index (χ0v) is 15.2. The Kier molecular flexibility index (Phi) is 5.92. The molecule has 0 aliphatic heterocycles. The van der Waals surface area contributed by atoms with E-state index in [9.17, 15) is 9.59 Å². The molecule has 0 spiro atoms. The van der Waals surface area contributed by atoms with Crippen LogP contribution in [-0.2, 0) is 6.42 Å². The Morgan fingerprint density at radius 1 is 1.25 bits per heavy atom. The number of carbonyl (C=O) groups excluding carboxylic acids is 2. The number of hydrogen-bond donors (Lipinski definition) is 2. The minimum atomic E-state index is -0.257. The summed E-state index contributed by atoms with van der Waals surface area (Å²) in [7, 11) is 3.42. The van der Waals surface area contributed by atoms with E-state index < -0.39 is 0 Å². The Labute approximate surface area is 145 Å². The van der Waals surface area contributed by atoms with Gasteiger partial charge in [-0.2, -0.15) is 0 Å². The number of aryl methyl sites for hydroxylation is 2. The first-order valence-electron chi connectivity index (χ1n) is 7.64. The molecule has 2 rings (SSSR count). The van der Waals surface area contributed by atoms with Crippen LogP contribution in [0.2, 0.25) is 0 Å². The van der Waals surface area contributed by atoms with Gasteiger partial charge in [0.05, 0.1) is 11.2 Å². The summed E-state index contributed by atoms with van der Waals surface area (Å²) in [4.78, 5) is 30.8. The third-order valence-corrected chi connectivity index (χ3v) is 4.61. The Morgan fingerprint density at radius 3 is 2.58 bits per heavy atom. The molecule has 0 radical (unpaired) electrons. The van der Waals surface area contributed by atoms with Crippen molar-refractivity contribution in [2.24, 2.45) is 0 Å². The summed E-state index contributed by atoms with van der Waals surface area (Å²) >= 11 is 1.60. The van der Waals surface area contributed by atoms with Crippen LogP contribution in [0.3, 0.4) is 0 Å². The van der Waals surface area contributed by atoms with Gasteiger partial charge in [-0.1, -0.05) is 0 Å². The van der Waals surface area contributed by atoms with Crippen molar-refractivity contribution in [3.8, 4) is 0 Å². The maximum Gasteiger partial charge on any atom is 0.319 e. The topological polar surface area (TPSA) is 74.3 Å². The molecule has 1 aromatic carbocycles. The lowest BCUT2D eigenvalue weighted by molar-refractivity contribution is 0.0827. The average Bonchev–Trinajstić information content (AvgIpc) is 2.94. The van der Waals surface area contributed by atoms with Gasteiger partial charge in [0.25, 0.3) is 5.91 Å². The smallest absolute Gasteiger partial charge is 0.319 e. The zero-order chi connectivity index (χ0) is 17.7. The molecule has 0 aliphatic rings. The largest absolute Gasteiger partial charge is 0.345 e. The zero-order valence-electron chi connectivity index (χ0n) is 14.3. The first kappa shape index (κ1) is 17.9. The Morgan fingerprint density at radius 2 is 2.00 bits per heavy atom. The number of nitrogens with one attached hydrogen (secondary N) is 2. The molecule has 3 amide bonds. The van der Waals surface area contributed by atoms with Crippen LogP contribution in [0.25, 0.3) is 0 Å². The Bertz CT molecular complexity index is 740. The van der Waals surface area contributed by atoms with Crippen LogP contribution in [0.5, 0.6) is 0 Å². The van der Waals surface area contributed by atoms with E-state index in [0.29, 0.717) is 17.8 Å². The van der Waals surface area contributed by atoms with Crippen LogP contribution in [0.1, 0.15) is 26.5 Å². The van der Waals surface area contributed by atoms with Gasteiger partial charge in [-0.3, -0.25) is 4.79 Å². The molecule has 24 heavy (non-hydrogen) atoms. The predicted molar refractivity (Wildman–Crippen MR) is 96.8 cm³/mol. The number of aromatic nitrogens is 1. The van der Waals surface area contributed by atoms with Crippen molar-refractivity contribution in [1.29, 1.82) is 0 Å². The maximum atomic E-state index is 12.0. The van der Waals surface area contributed by atoms with E-state index in [-0.39, 0.29) is 11.9 Å². The summed E-state index contributed by atoms with van der Waals surface area (Å²) in [5.41, 5.74) is 4.96. The van der Waals surface area contributed by atoms with Gasteiger partial charge in [-0.25, -0.2) is 9.78 Å². The number of rotatable bonds is 5. The molecule has 0 atom stereocenters. The second-order valence-electron chi connectivity index (χ2n) is 5.72. The predicted octanol–water partition coefficient (Wildman–Crippen LogP) is 2.83. The van der Waals surface area contributed by atoms with Crippen LogP contribution in [0.4, 0.5) is 10.5 Å². The lowest BCUT2D eigenvalue weighted by Gasteiger charge is -2.13. The maximum absolute atomic E-state index is 12.0. The van der Waals surface area contributed by atoms with Crippen molar-refractivity contribution >= 4 is 29.0 Å². The number of hydrogen-bond acceptors (Lipinski definition) is 4. The summed E-state index contributed by atoms with van der Waals surface area (Å²) < 4.78 is 0. The van der Waals surface area contributed by atoms with Crippen molar-refractivity contribution in [3.05, 3.63) is 45.4 Å². The quantitative estimate of drug-likeness (QED) is 0.874. The molecule has 0 saturated carbocycles. The lowest BCUT2D eigenvalue weighted by Crippen LogP contribution is -2.30. The fraction of sp³-hybridized carbons (Fsp3) is 0.353. The van der Waals surface area contributed by atoms with Crippen LogP contribution in [0, 0.1) is 13.8 Å². The second kappa shape index (κ2) is 7.92. The van der Waals surface area contributed by atoms with Gasteiger partial charge in [0.1, 0.15) is 0 Å². The van der Waals surface area contributed by atoms with E-state index in [4.69, 9.17) is 0 Å². The van der Waals surface area contributed by atoms with E-state index in [1.165, 1.54) is 9.78 Å². The van der Waals surface area contributed by atoms with Crippen LogP contribution in [0.15, 0.2) is 23.7 Å². The number of anilines is 1. The molecule has 1 heterocycles. The number of urea groups is 1. The summed E-state index contributed by atoms with van der Waals surface area (Å²) in [6.07, 6.45) is 0.763. The number of benzene rings is 1. The highest BCUT2D eigenvalue weighted by molar-refractivity contribution is 7.09. The molecule has 1 aromatic heterocycles. The molecular weight excluding hydrogens is 324 g/mol. The monoisotopic (exact) mass is 346 g/mol. The Hall–Kier alpha value is -2.41. The van der Waals surface area contributed by atoms with Crippen molar-refractivity contribution in [3.63, 3.8) is 0 Å². The molecule has 0 saturated heterocycles. The highest BCUT2D eigenvalue weighted by Gasteiger charge is 2.11. The molecular formula is C17H22N4O2S. The van der Waals surface area contributed by atoms with Gasteiger partial charge < -0.3 is 15.5 Å². The standard InChI is InChI=1S/C17H22N4O2S/c1-11-9-13(16(22)21(3)4)5-6-14(11)20-17(23)18-8-7-15-12(2)19-10-24-15/h5-6,9-10H,7-8H2,1-4H3,(H2,18,20,23). The van der Waals surface area contributed by atoms with Crippen LogP contribution >= 0.6 is 11.3 Å². The Balaban J connectivity index is 1.89. The normalized spacial score (nSPS) is 10.3.